The molecule has 0 atom stereocenters. The smallest absolute Gasteiger partial charge is 0.354 e. The standard InChI is InChI=1S/C19H13NO4/c1-23-18-10-12(7-9-16(18)21)6-8-13-14-4-2-3-5-17(14)24-19(22)15(13)11-20/h2-10,21H,1H3/b8-6+. The first-order valence-electron chi connectivity index (χ1n) is 7.15. The number of rotatable bonds is 3. The lowest BCUT2D eigenvalue weighted by atomic mass is 10.0. The Balaban J connectivity index is 2.16. The number of phenolic OH excluding ortho intramolecular Hbond substituents is 1. The molecule has 0 bridgehead atoms. The summed E-state index contributed by atoms with van der Waals surface area (Å²) in [6, 6.07) is 13.8. The Morgan fingerprint density at radius 2 is 2.00 bits per heavy atom. The van der Waals surface area contributed by atoms with Gasteiger partial charge in [0.05, 0.1) is 7.11 Å². The highest BCUT2D eigenvalue weighted by molar-refractivity contribution is 5.91. The van der Waals surface area contributed by atoms with Crippen LogP contribution in [0.15, 0.2) is 51.7 Å². The number of hydrogen-bond acceptors (Lipinski definition) is 5. The van der Waals surface area contributed by atoms with E-state index in [1.807, 2.05) is 12.1 Å². The Hall–Kier alpha value is -3.52. The summed E-state index contributed by atoms with van der Waals surface area (Å²) in [5.74, 6) is 0.383. The van der Waals surface area contributed by atoms with E-state index < -0.39 is 5.63 Å². The fraction of sp³-hybridized carbons (Fsp3) is 0.0526. The summed E-state index contributed by atoms with van der Waals surface area (Å²) in [5, 5.41) is 19.6. The second-order valence-electron chi connectivity index (χ2n) is 5.05. The van der Waals surface area contributed by atoms with Crippen LogP contribution in [0.2, 0.25) is 0 Å². The topological polar surface area (TPSA) is 83.5 Å². The van der Waals surface area contributed by atoms with Crippen molar-refractivity contribution in [2.24, 2.45) is 0 Å². The molecule has 5 nitrogen and oxygen atoms in total. The van der Waals surface area contributed by atoms with E-state index in [-0.39, 0.29) is 11.3 Å². The van der Waals surface area contributed by atoms with Gasteiger partial charge in [0.2, 0.25) is 0 Å². The maximum Gasteiger partial charge on any atom is 0.354 e. The van der Waals surface area contributed by atoms with Crippen molar-refractivity contribution in [2.75, 3.05) is 7.11 Å². The van der Waals surface area contributed by atoms with Crippen LogP contribution in [0.4, 0.5) is 0 Å². The van der Waals surface area contributed by atoms with Crippen molar-refractivity contribution in [3.05, 3.63) is 69.6 Å². The number of nitriles is 1. The molecule has 0 saturated heterocycles. The van der Waals surface area contributed by atoms with Gasteiger partial charge in [-0.2, -0.15) is 5.26 Å². The number of ether oxygens (including phenoxy) is 1. The van der Waals surface area contributed by atoms with Gasteiger partial charge in [-0.3, -0.25) is 0 Å². The molecule has 1 aromatic heterocycles. The average molecular weight is 319 g/mol. The molecule has 0 radical (unpaired) electrons. The van der Waals surface area contributed by atoms with E-state index in [1.165, 1.54) is 13.2 Å². The van der Waals surface area contributed by atoms with Crippen molar-refractivity contribution in [1.82, 2.24) is 0 Å². The van der Waals surface area contributed by atoms with Crippen LogP contribution in [0.3, 0.4) is 0 Å². The van der Waals surface area contributed by atoms with Crippen LogP contribution in [0, 0.1) is 11.3 Å². The van der Waals surface area contributed by atoms with Gasteiger partial charge in [0.15, 0.2) is 11.5 Å². The number of benzene rings is 2. The summed E-state index contributed by atoms with van der Waals surface area (Å²) in [6.07, 6.45) is 3.42. The molecule has 2 aromatic carbocycles. The third-order valence-electron chi connectivity index (χ3n) is 3.61. The van der Waals surface area contributed by atoms with Crippen molar-refractivity contribution in [3.8, 4) is 17.6 Å². The normalized spacial score (nSPS) is 10.8. The molecule has 0 aliphatic rings. The third kappa shape index (κ3) is 2.73. The molecule has 24 heavy (non-hydrogen) atoms. The number of phenols is 1. The number of methoxy groups -OCH3 is 1. The predicted octanol–water partition coefficient (Wildman–Crippen LogP) is 3.55. The number of aromatic hydroxyl groups is 1. The van der Waals surface area contributed by atoms with E-state index in [9.17, 15) is 15.2 Å². The van der Waals surface area contributed by atoms with Crippen molar-refractivity contribution in [2.45, 2.75) is 0 Å². The highest BCUT2D eigenvalue weighted by Gasteiger charge is 2.11. The minimum Gasteiger partial charge on any atom is -0.504 e. The van der Waals surface area contributed by atoms with Crippen LogP contribution in [0.25, 0.3) is 23.1 Å². The van der Waals surface area contributed by atoms with Crippen LogP contribution in [-0.4, -0.2) is 12.2 Å². The molecular formula is C19H13NO4. The minimum absolute atomic E-state index is 0.0400. The van der Waals surface area contributed by atoms with Gasteiger partial charge in [-0.05, 0) is 23.8 Å². The fourth-order valence-corrected chi connectivity index (χ4v) is 2.43. The SMILES string of the molecule is COc1cc(/C=C/c2c(C#N)c(=O)oc3ccccc23)ccc1O. The van der Waals surface area contributed by atoms with Crippen LogP contribution >= 0.6 is 0 Å². The molecule has 5 heteroatoms. The Morgan fingerprint density at radius 3 is 2.75 bits per heavy atom. The second kappa shape index (κ2) is 6.31. The lowest BCUT2D eigenvalue weighted by molar-refractivity contribution is 0.373. The number of fused-ring (bicyclic) bond motifs is 1. The van der Waals surface area contributed by atoms with Gasteiger partial charge in [-0.15, -0.1) is 0 Å². The third-order valence-corrected chi connectivity index (χ3v) is 3.61. The first-order chi connectivity index (χ1) is 11.6. The highest BCUT2D eigenvalue weighted by Crippen LogP contribution is 2.28. The Kier molecular flexibility index (Phi) is 4.04. The molecule has 0 aliphatic carbocycles. The van der Waals surface area contributed by atoms with Crippen LogP contribution in [-0.2, 0) is 0 Å². The average Bonchev–Trinajstić information content (AvgIpc) is 2.60. The molecule has 0 aliphatic heterocycles. The highest BCUT2D eigenvalue weighted by atomic mass is 16.5. The fourth-order valence-electron chi connectivity index (χ4n) is 2.43. The lowest BCUT2D eigenvalue weighted by Gasteiger charge is -2.05. The van der Waals surface area contributed by atoms with E-state index in [0.29, 0.717) is 22.3 Å². The largest absolute Gasteiger partial charge is 0.504 e. The maximum atomic E-state index is 12.0. The Labute approximate surface area is 137 Å². The van der Waals surface area contributed by atoms with Crippen molar-refractivity contribution < 1.29 is 14.3 Å². The van der Waals surface area contributed by atoms with Gasteiger partial charge < -0.3 is 14.3 Å². The molecule has 0 fully saturated rings. The molecule has 0 amide bonds. The van der Waals surface area contributed by atoms with Gasteiger partial charge in [0.25, 0.3) is 0 Å². The molecule has 1 N–H and O–H groups in total. The first kappa shape index (κ1) is 15.4. The van der Waals surface area contributed by atoms with Crippen LogP contribution in [0.1, 0.15) is 16.7 Å². The van der Waals surface area contributed by atoms with Crippen molar-refractivity contribution in [1.29, 1.82) is 5.26 Å². The summed E-state index contributed by atoms with van der Waals surface area (Å²) in [6.45, 7) is 0. The predicted molar refractivity (Wildman–Crippen MR) is 90.8 cm³/mol. The summed E-state index contributed by atoms with van der Waals surface area (Å²) >= 11 is 0. The van der Waals surface area contributed by atoms with E-state index >= 15 is 0 Å². The Bertz CT molecular complexity index is 1040. The van der Waals surface area contributed by atoms with Crippen molar-refractivity contribution >= 4 is 23.1 Å². The number of nitrogens with zero attached hydrogens (tertiary/aromatic N) is 1. The second-order valence-corrected chi connectivity index (χ2v) is 5.05. The van der Waals surface area contributed by atoms with E-state index in [4.69, 9.17) is 9.15 Å². The molecule has 3 aromatic rings. The number of para-hydroxylation sites is 1. The molecule has 0 spiro atoms. The van der Waals surface area contributed by atoms with Gasteiger partial charge in [0, 0.05) is 10.9 Å². The van der Waals surface area contributed by atoms with Gasteiger partial charge >= 0.3 is 5.63 Å². The zero-order valence-electron chi connectivity index (χ0n) is 12.8. The van der Waals surface area contributed by atoms with Gasteiger partial charge in [-0.1, -0.05) is 36.4 Å². The molecular weight excluding hydrogens is 306 g/mol. The first-order valence-corrected chi connectivity index (χ1v) is 7.15. The maximum absolute atomic E-state index is 12.0. The minimum atomic E-state index is -0.667. The molecule has 0 unspecified atom stereocenters. The van der Waals surface area contributed by atoms with Crippen LogP contribution < -0.4 is 10.4 Å². The zero-order valence-corrected chi connectivity index (χ0v) is 12.8. The number of hydrogen-bond donors (Lipinski definition) is 1. The summed E-state index contributed by atoms with van der Waals surface area (Å²) in [4.78, 5) is 12.0. The lowest BCUT2D eigenvalue weighted by Crippen LogP contribution is -2.06. The van der Waals surface area contributed by atoms with E-state index in [1.54, 1.807) is 42.5 Å². The molecule has 118 valence electrons. The van der Waals surface area contributed by atoms with Gasteiger partial charge in [-0.25, -0.2) is 4.79 Å². The molecule has 1 heterocycles. The van der Waals surface area contributed by atoms with E-state index in [2.05, 4.69) is 0 Å². The van der Waals surface area contributed by atoms with Gasteiger partial charge in [0.1, 0.15) is 17.2 Å². The van der Waals surface area contributed by atoms with Crippen molar-refractivity contribution in [3.63, 3.8) is 0 Å². The Morgan fingerprint density at radius 1 is 1.21 bits per heavy atom. The quantitative estimate of drug-likeness (QED) is 0.746. The van der Waals surface area contributed by atoms with E-state index in [0.717, 1.165) is 5.56 Å². The zero-order chi connectivity index (χ0) is 17.1. The molecule has 3 rings (SSSR count). The summed E-state index contributed by atoms with van der Waals surface area (Å²) in [5.41, 5.74) is 0.960. The summed E-state index contributed by atoms with van der Waals surface area (Å²) in [7, 11) is 1.46. The summed E-state index contributed by atoms with van der Waals surface area (Å²) < 4.78 is 10.2. The molecule has 0 saturated carbocycles. The van der Waals surface area contributed by atoms with Crippen LogP contribution in [0.5, 0.6) is 11.5 Å². The monoisotopic (exact) mass is 319 g/mol.